The van der Waals surface area contributed by atoms with Gasteiger partial charge in [0.1, 0.15) is 5.76 Å². The van der Waals surface area contributed by atoms with Crippen LogP contribution in [0, 0.1) is 0 Å². The van der Waals surface area contributed by atoms with Gasteiger partial charge in [0.05, 0.1) is 27.4 Å². The van der Waals surface area contributed by atoms with Crippen molar-refractivity contribution >= 4 is 46.3 Å². The number of hydrogen-bond acceptors (Lipinski definition) is 4. The van der Waals surface area contributed by atoms with E-state index in [1.807, 2.05) is 0 Å². The molecule has 1 aliphatic heterocycles. The third kappa shape index (κ3) is 3.71. The van der Waals surface area contributed by atoms with Crippen molar-refractivity contribution in [2.45, 2.75) is 6.18 Å². The van der Waals surface area contributed by atoms with Crippen LogP contribution in [0.25, 0.3) is 6.08 Å². The largest absolute Gasteiger partial charge is 0.465 e. The number of rotatable bonds is 3. The Morgan fingerprint density at radius 1 is 1.19 bits per heavy atom. The van der Waals surface area contributed by atoms with E-state index in [1.54, 1.807) is 18.2 Å². The minimum Gasteiger partial charge on any atom is -0.465 e. The van der Waals surface area contributed by atoms with Gasteiger partial charge in [-0.2, -0.15) is 13.2 Å². The summed E-state index contributed by atoms with van der Waals surface area (Å²) in [5, 5.41) is -1.20. The molecule has 1 aliphatic rings. The molecule has 0 spiro atoms. The number of carbonyl (C=O) groups is 2. The van der Waals surface area contributed by atoms with Crippen LogP contribution in [-0.2, 0) is 11.0 Å². The lowest BCUT2D eigenvalue weighted by atomic mass is 10.1. The van der Waals surface area contributed by atoms with E-state index >= 15 is 0 Å². The second kappa shape index (κ2) is 7.05. The van der Waals surface area contributed by atoms with Crippen LogP contribution in [0.15, 0.2) is 58.1 Å². The summed E-state index contributed by atoms with van der Waals surface area (Å²) in [4.78, 5) is 25.3. The van der Waals surface area contributed by atoms with Gasteiger partial charge in [0.15, 0.2) is 0 Å². The molecule has 1 fully saturated rings. The Hall–Kier alpha value is -2.45. The number of hydrogen-bond donors (Lipinski definition) is 0. The average molecular weight is 400 g/mol. The second-order valence-corrected chi connectivity index (χ2v) is 6.48. The van der Waals surface area contributed by atoms with Crippen LogP contribution >= 0.6 is 23.4 Å². The molecule has 2 aromatic rings. The summed E-state index contributed by atoms with van der Waals surface area (Å²) >= 11 is 6.20. The van der Waals surface area contributed by atoms with Gasteiger partial charge in [0.25, 0.3) is 11.1 Å². The van der Waals surface area contributed by atoms with Gasteiger partial charge in [-0.3, -0.25) is 9.59 Å². The summed E-state index contributed by atoms with van der Waals surface area (Å²) in [6, 6.07) is 6.26. The van der Waals surface area contributed by atoms with Gasteiger partial charge in [-0.25, -0.2) is 4.90 Å². The van der Waals surface area contributed by atoms with E-state index in [0.29, 0.717) is 28.5 Å². The number of allylic oxidation sites excluding steroid dienone is 2. The third-order valence-electron chi connectivity index (χ3n) is 3.36. The second-order valence-electron chi connectivity index (χ2n) is 5.08. The third-order valence-corrected chi connectivity index (χ3v) is 4.58. The van der Waals surface area contributed by atoms with Gasteiger partial charge in [-0.05, 0) is 54.2 Å². The molecule has 2 amide bonds. The van der Waals surface area contributed by atoms with Crippen molar-refractivity contribution in [3.8, 4) is 0 Å². The van der Waals surface area contributed by atoms with Gasteiger partial charge in [0.2, 0.25) is 0 Å². The average Bonchev–Trinajstić information content (AvgIpc) is 3.16. The normalized spacial score (nSPS) is 17.1. The highest BCUT2D eigenvalue weighted by Gasteiger charge is 2.39. The van der Waals surface area contributed by atoms with E-state index < -0.39 is 27.9 Å². The predicted molar refractivity (Wildman–Crippen MR) is 92.8 cm³/mol. The van der Waals surface area contributed by atoms with Gasteiger partial charge in [-0.15, -0.1) is 0 Å². The number of halogens is 4. The highest BCUT2D eigenvalue weighted by atomic mass is 35.5. The van der Waals surface area contributed by atoms with Crippen molar-refractivity contribution in [3.05, 3.63) is 70.0 Å². The lowest BCUT2D eigenvalue weighted by molar-refractivity contribution is -0.137. The molecule has 1 saturated heterocycles. The van der Waals surface area contributed by atoms with Crippen LogP contribution in [0.2, 0.25) is 5.02 Å². The number of thioether (sulfide) groups is 1. The van der Waals surface area contributed by atoms with Crippen molar-refractivity contribution in [1.82, 2.24) is 0 Å². The van der Waals surface area contributed by atoms with Crippen LogP contribution in [-0.4, -0.2) is 11.1 Å². The Balaban J connectivity index is 1.88. The molecule has 1 aromatic carbocycles. The Morgan fingerprint density at radius 3 is 2.62 bits per heavy atom. The summed E-state index contributed by atoms with van der Waals surface area (Å²) < 4.78 is 44.0. The molecular weight excluding hydrogens is 391 g/mol. The molecule has 4 nitrogen and oxygen atoms in total. The Bertz CT molecular complexity index is 920. The molecule has 0 saturated carbocycles. The lowest BCUT2D eigenvalue weighted by Crippen LogP contribution is -2.28. The van der Waals surface area contributed by atoms with E-state index in [9.17, 15) is 22.8 Å². The van der Waals surface area contributed by atoms with Crippen LogP contribution in [0.5, 0.6) is 0 Å². The molecule has 0 aliphatic carbocycles. The van der Waals surface area contributed by atoms with Gasteiger partial charge in [-0.1, -0.05) is 17.7 Å². The van der Waals surface area contributed by atoms with Crippen LogP contribution < -0.4 is 4.90 Å². The fourth-order valence-electron chi connectivity index (χ4n) is 2.19. The fraction of sp³-hybridized carbons (Fsp3) is 0.0588. The molecule has 0 unspecified atom stereocenters. The number of carbonyl (C=O) groups excluding carboxylic acids is 2. The number of benzene rings is 1. The molecule has 3 rings (SSSR count). The highest BCUT2D eigenvalue weighted by Crippen LogP contribution is 2.40. The van der Waals surface area contributed by atoms with Crippen molar-refractivity contribution in [2.24, 2.45) is 0 Å². The van der Waals surface area contributed by atoms with Gasteiger partial charge in [0, 0.05) is 0 Å². The molecule has 1 aromatic heterocycles. The molecule has 0 bridgehead atoms. The summed E-state index contributed by atoms with van der Waals surface area (Å²) in [6.45, 7) is 0. The molecule has 26 heavy (non-hydrogen) atoms. The van der Waals surface area contributed by atoms with E-state index in [4.69, 9.17) is 16.0 Å². The molecule has 2 heterocycles. The zero-order chi connectivity index (χ0) is 18.9. The molecule has 134 valence electrons. The molecule has 0 N–H and O–H groups in total. The van der Waals surface area contributed by atoms with E-state index in [1.165, 1.54) is 24.5 Å². The summed E-state index contributed by atoms with van der Waals surface area (Å²) in [5.41, 5.74) is -1.31. The summed E-state index contributed by atoms with van der Waals surface area (Å²) in [7, 11) is 0. The quantitative estimate of drug-likeness (QED) is 0.617. The topological polar surface area (TPSA) is 50.5 Å². The first-order chi connectivity index (χ1) is 12.3. The van der Waals surface area contributed by atoms with E-state index in [0.717, 1.165) is 6.07 Å². The van der Waals surface area contributed by atoms with Crippen molar-refractivity contribution in [3.63, 3.8) is 0 Å². The zero-order valence-corrected chi connectivity index (χ0v) is 14.4. The molecule has 0 radical (unpaired) electrons. The Labute approximate surface area is 154 Å². The minimum atomic E-state index is -4.70. The fourth-order valence-corrected chi connectivity index (χ4v) is 3.21. The van der Waals surface area contributed by atoms with Crippen LogP contribution in [0.3, 0.4) is 0 Å². The molecule has 0 atom stereocenters. The predicted octanol–water partition coefficient (Wildman–Crippen LogP) is 5.75. The van der Waals surface area contributed by atoms with Gasteiger partial charge >= 0.3 is 6.18 Å². The number of amides is 2. The van der Waals surface area contributed by atoms with Crippen LogP contribution in [0.4, 0.5) is 23.7 Å². The first-order valence-electron chi connectivity index (χ1n) is 7.12. The number of nitrogens with zero attached hydrogens (tertiary/aromatic N) is 1. The highest BCUT2D eigenvalue weighted by molar-refractivity contribution is 8.18. The van der Waals surface area contributed by atoms with E-state index in [2.05, 4.69) is 0 Å². The smallest absolute Gasteiger partial charge is 0.417 e. The van der Waals surface area contributed by atoms with Crippen molar-refractivity contribution in [2.75, 3.05) is 4.90 Å². The maximum absolute atomic E-state index is 13.0. The lowest BCUT2D eigenvalue weighted by Gasteiger charge is -2.16. The maximum atomic E-state index is 13.0. The number of imide groups is 1. The molecular formula is C17H9ClF3NO3S. The number of furan rings is 1. The SMILES string of the molecule is O=C1SC(=CC=Cc2ccco2)C(=O)N1c1ccc(Cl)c(C(F)(F)F)c1. The minimum absolute atomic E-state index is 0.0846. The Morgan fingerprint density at radius 2 is 1.96 bits per heavy atom. The first kappa shape index (κ1) is 18.3. The Kier molecular flexibility index (Phi) is 4.97. The first-order valence-corrected chi connectivity index (χ1v) is 8.31. The number of alkyl halides is 3. The summed E-state index contributed by atoms with van der Waals surface area (Å²) in [5.74, 6) is -0.160. The van der Waals surface area contributed by atoms with Crippen molar-refractivity contribution < 1.29 is 27.2 Å². The summed E-state index contributed by atoms with van der Waals surface area (Å²) in [6.07, 6.45) is 1.27. The monoisotopic (exact) mass is 399 g/mol. The number of anilines is 1. The van der Waals surface area contributed by atoms with Crippen molar-refractivity contribution in [1.29, 1.82) is 0 Å². The van der Waals surface area contributed by atoms with E-state index in [-0.39, 0.29) is 10.6 Å². The zero-order valence-electron chi connectivity index (χ0n) is 12.8. The van der Waals surface area contributed by atoms with Gasteiger partial charge < -0.3 is 4.42 Å². The van der Waals surface area contributed by atoms with Crippen LogP contribution in [0.1, 0.15) is 11.3 Å². The molecule has 9 heteroatoms. The maximum Gasteiger partial charge on any atom is 0.417 e. The standard InChI is InChI=1S/C17H9ClF3NO3S/c18-13-7-6-10(9-12(13)17(19,20)21)22-15(23)14(26-16(22)24)5-1-3-11-4-2-8-25-11/h1-9H.